The van der Waals surface area contributed by atoms with Gasteiger partial charge in [-0.15, -0.1) is 0 Å². The second-order valence-corrected chi connectivity index (χ2v) is 6.40. The van der Waals surface area contributed by atoms with E-state index in [-0.39, 0.29) is 12.1 Å². The van der Waals surface area contributed by atoms with Crippen LogP contribution >= 0.6 is 0 Å². The molecule has 1 aromatic carbocycles. The fraction of sp³-hybridized carbons (Fsp3) is 0.0476. The predicted octanol–water partition coefficient (Wildman–Crippen LogP) is 3.79. The van der Waals surface area contributed by atoms with Crippen LogP contribution in [0.25, 0.3) is 33.3 Å². The molecule has 0 saturated heterocycles. The Bertz CT molecular complexity index is 1390. The minimum Gasteiger partial charge on any atom is -0.446 e. The maximum Gasteiger partial charge on any atom is 0.263 e. The minimum atomic E-state index is -0.400. The molecule has 4 heterocycles. The highest BCUT2D eigenvalue weighted by Gasteiger charge is 2.10. The van der Waals surface area contributed by atoms with Crippen LogP contribution in [-0.2, 0) is 6.54 Å². The van der Waals surface area contributed by atoms with Gasteiger partial charge < -0.3 is 4.42 Å². The maximum absolute atomic E-state index is 14.7. The van der Waals surface area contributed by atoms with Gasteiger partial charge in [0.1, 0.15) is 12.1 Å². The molecule has 0 aliphatic heterocycles. The monoisotopic (exact) mass is 372 g/mol. The van der Waals surface area contributed by atoms with Crippen LogP contribution in [0.4, 0.5) is 4.39 Å². The summed E-state index contributed by atoms with van der Waals surface area (Å²) in [7, 11) is 0. The van der Waals surface area contributed by atoms with Gasteiger partial charge in [-0.3, -0.25) is 9.36 Å². The molecule has 4 aromatic heterocycles. The lowest BCUT2D eigenvalue weighted by Gasteiger charge is -2.09. The summed E-state index contributed by atoms with van der Waals surface area (Å²) >= 11 is 0. The predicted molar refractivity (Wildman–Crippen MR) is 102 cm³/mol. The van der Waals surface area contributed by atoms with Gasteiger partial charge in [0.25, 0.3) is 5.56 Å². The van der Waals surface area contributed by atoms with Gasteiger partial charge >= 0.3 is 0 Å². The number of pyridine rings is 2. The Balaban J connectivity index is 1.50. The van der Waals surface area contributed by atoms with Crippen LogP contribution in [0.1, 0.15) is 5.56 Å². The smallest absolute Gasteiger partial charge is 0.263 e. The Kier molecular flexibility index (Phi) is 3.72. The van der Waals surface area contributed by atoms with Crippen molar-refractivity contribution in [3.8, 4) is 11.1 Å². The van der Waals surface area contributed by atoms with Crippen molar-refractivity contribution in [1.82, 2.24) is 19.5 Å². The van der Waals surface area contributed by atoms with Crippen LogP contribution in [0.2, 0.25) is 0 Å². The van der Waals surface area contributed by atoms with Gasteiger partial charge in [0.2, 0.25) is 5.71 Å². The Morgan fingerprint density at radius 2 is 1.96 bits per heavy atom. The zero-order valence-electron chi connectivity index (χ0n) is 14.5. The van der Waals surface area contributed by atoms with E-state index >= 15 is 0 Å². The molecule has 0 fully saturated rings. The first-order valence-electron chi connectivity index (χ1n) is 8.61. The zero-order valence-corrected chi connectivity index (χ0v) is 14.5. The van der Waals surface area contributed by atoms with Crippen LogP contribution in [0.15, 0.2) is 76.7 Å². The van der Waals surface area contributed by atoms with Crippen LogP contribution in [0.3, 0.4) is 0 Å². The van der Waals surface area contributed by atoms with Gasteiger partial charge in [-0.2, -0.15) is 0 Å². The van der Waals surface area contributed by atoms with Crippen molar-refractivity contribution in [2.75, 3.05) is 0 Å². The van der Waals surface area contributed by atoms with Crippen LogP contribution < -0.4 is 5.56 Å². The molecule has 0 N–H and O–H groups in total. The van der Waals surface area contributed by atoms with Crippen molar-refractivity contribution < 1.29 is 8.81 Å². The SMILES string of the molecule is O=c1c2cccnc2ncn1Cc1ccc(-c2cnc3occc3c2)cc1F. The fourth-order valence-corrected chi connectivity index (χ4v) is 3.17. The number of furan rings is 1. The summed E-state index contributed by atoms with van der Waals surface area (Å²) < 4.78 is 21.3. The Hall–Kier alpha value is -3.87. The molecule has 5 rings (SSSR count). The van der Waals surface area contributed by atoms with Crippen molar-refractivity contribution in [3.05, 3.63) is 89.2 Å². The molecule has 0 radical (unpaired) electrons. The number of hydrogen-bond acceptors (Lipinski definition) is 5. The van der Waals surface area contributed by atoms with E-state index in [0.717, 1.165) is 10.9 Å². The Labute approximate surface area is 157 Å². The van der Waals surface area contributed by atoms with E-state index in [2.05, 4.69) is 15.0 Å². The number of nitrogens with zero attached hydrogens (tertiary/aromatic N) is 4. The standard InChI is InChI=1S/C21H13FN4O2/c22-18-9-13(16-8-14-5-7-28-20(14)24-10-16)3-4-15(18)11-26-12-25-19-17(21(26)27)2-1-6-23-19/h1-10,12H,11H2. The normalized spacial score (nSPS) is 11.3. The molecule has 5 aromatic rings. The van der Waals surface area contributed by atoms with E-state index in [1.165, 1.54) is 17.0 Å². The van der Waals surface area contributed by atoms with Crippen LogP contribution in [0.5, 0.6) is 0 Å². The topological polar surface area (TPSA) is 73.8 Å². The van der Waals surface area contributed by atoms with Gasteiger partial charge in [0.15, 0.2) is 5.65 Å². The van der Waals surface area contributed by atoms with E-state index in [1.807, 2.05) is 18.2 Å². The van der Waals surface area contributed by atoms with E-state index in [0.29, 0.717) is 27.9 Å². The van der Waals surface area contributed by atoms with Crippen molar-refractivity contribution in [1.29, 1.82) is 0 Å². The molecule has 0 saturated carbocycles. The second-order valence-electron chi connectivity index (χ2n) is 6.40. The number of aromatic nitrogens is 4. The van der Waals surface area contributed by atoms with Crippen LogP contribution in [-0.4, -0.2) is 19.5 Å². The molecule has 6 nitrogen and oxygen atoms in total. The molecule has 0 atom stereocenters. The molecule has 28 heavy (non-hydrogen) atoms. The molecule has 0 aliphatic carbocycles. The summed E-state index contributed by atoms with van der Waals surface area (Å²) in [5.41, 5.74) is 2.55. The number of benzene rings is 1. The first kappa shape index (κ1) is 16.3. The lowest BCUT2D eigenvalue weighted by molar-refractivity contribution is 0.595. The Morgan fingerprint density at radius 3 is 2.86 bits per heavy atom. The molecule has 0 amide bonds. The highest BCUT2D eigenvalue weighted by molar-refractivity contribution is 5.79. The second kappa shape index (κ2) is 6.38. The molecule has 7 heteroatoms. The first-order valence-corrected chi connectivity index (χ1v) is 8.61. The molecular weight excluding hydrogens is 359 g/mol. The summed E-state index contributed by atoms with van der Waals surface area (Å²) in [5.74, 6) is -0.400. The third kappa shape index (κ3) is 2.73. The lowest BCUT2D eigenvalue weighted by Crippen LogP contribution is -2.21. The average molecular weight is 372 g/mol. The summed E-state index contributed by atoms with van der Waals surface area (Å²) in [6.07, 6.45) is 6.18. The molecule has 0 spiro atoms. The molecular formula is C21H13FN4O2. The third-order valence-electron chi connectivity index (χ3n) is 4.63. The van der Waals surface area contributed by atoms with E-state index in [9.17, 15) is 9.18 Å². The van der Waals surface area contributed by atoms with Gasteiger partial charge in [-0.25, -0.2) is 19.3 Å². The first-order chi connectivity index (χ1) is 13.7. The van der Waals surface area contributed by atoms with Crippen molar-refractivity contribution in [2.45, 2.75) is 6.54 Å². The summed E-state index contributed by atoms with van der Waals surface area (Å²) in [6.45, 7) is 0.0851. The third-order valence-corrected chi connectivity index (χ3v) is 4.63. The van der Waals surface area contributed by atoms with Crippen molar-refractivity contribution in [3.63, 3.8) is 0 Å². The van der Waals surface area contributed by atoms with Gasteiger partial charge in [0.05, 0.1) is 18.2 Å². The minimum absolute atomic E-state index is 0.0851. The highest BCUT2D eigenvalue weighted by Crippen LogP contribution is 2.25. The highest BCUT2D eigenvalue weighted by atomic mass is 19.1. The maximum atomic E-state index is 14.7. The van der Waals surface area contributed by atoms with E-state index in [1.54, 1.807) is 36.9 Å². The molecule has 0 bridgehead atoms. The molecule has 0 aliphatic rings. The van der Waals surface area contributed by atoms with Gasteiger partial charge in [-0.05, 0) is 35.9 Å². The van der Waals surface area contributed by atoms with Crippen molar-refractivity contribution >= 4 is 22.1 Å². The van der Waals surface area contributed by atoms with Gasteiger partial charge in [-0.1, -0.05) is 12.1 Å². The Morgan fingerprint density at radius 1 is 1.04 bits per heavy atom. The number of fused-ring (bicyclic) bond motifs is 2. The summed E-state index contributed by atoms with van der Waals surface area (Å²) in [5, 5.41) is 1.26. The average Bonchev–Trinajstić information content (AvgIpc) is 3.19. The zero-order chi connectivity index (χ0) is 19.1. The van der Waals surface area contributed by atoms with Crippen LogP contribution in [0, 0.1) is 5.82 Å². The number of rotatable bonds is 3. The van der Waals surface area contributed by atoms with E-state index in [4.69, 9.17) is 4.42 Å². The summed E-state index contributed by atoms with van der Waals surface area (Å²) in [4.78, 5) is 25.0. The molecule has 0 unspecified atom stereocenters. The fourth-order valence-electron chi connectivity index (χ4n) is 3.17. The number of hydrogen-bond donors (Lipinski definition) is 0. The van der Waals surface area contributed by atoms with Crippen molar-refractivity contribution in [2.24, 2.45) is 0 Å². The lowest BCUT2D eigenvalue weighted by atomic mass is 10.0. The molecule has 136 valence electrons. The van der Waals surface area contributed by atoms with E-state index < -0.39 is 5.82 Å². The summed E-state index contributed by atoms with van der Waals surface area (Å²) in [6, 6.07) is 12.0. The largest absolute Gasteiger partial charge is 0.446 e. The quantitative estimate of drug-likeness (QED) is 0.482. The number of halogens is 1. The van der Waals surface area contributed by atoms with Gasteiger partial charge in [0, 0.05) is 28.9 Å².